The van der Waals surface area contributed by atoms with Gasteiger partial charge < -0.3 is 15.2 Å². The number of carbonyl (C=O) groups is 1. The van der Waals surface area contributed by atoms with Crippen molar-refractivity contribution in [3.8, 4) is 0 Å². The molecule has 2 aromatic rings. The van der Waals surface area contributed by atoms with E-state index in [1.165, 1.54) is 6.92 Å². The van der Waals surface area contributed by atoms with Gasteiger partial charge in [-0.2, -0.15) is 0 Å². The third-order valence-corrected chi connectivity index (χ3v) is 3.63. The third-order valence-electron chi connectivity index (χ3n) is 3.63. The number of carbonyl (C=O) groups excluding carboxylic acids is 1. The first-order valence-corrected chi connectivity index (χ1v) is 7.37. The second kappa shape index (κ2) is 7.51. The van der Waals surface area contributed by atoms with Crippen molar-refractivity contribution in [3.05, 3.63) is 70.8 Å². The number of aliphatic hydroxyl groups is 1. The highest BCUT2D eigenvalue weighted by Crippen LogP contribution is 2.23. The average Bonchev–Trinajstić information content (AvgIpc) is 2.53. The van der Waals surface area contributed by atoms with Crippen LogP contribution >= 0.6 is 0 Å². The molecule has 4 nitrogen and oxygen atoms in total. The quantitative estimate of drug-likeness (QED) is 0.853. The van der Waals surface area contributed by atoms with Crippen LogP contribution in [0.3, 0.4) is 0 Å². The van der Waals surface area contributed by atoms with E-state index < -0.39 is 23.1 Å². The number of ether oxygens (including phenoxy) is 1. The number of methoxy groups -OCH3 is 1. The molecule has 0 bridgehead atoms. The lowest BCUT2D eigenvalue weighted by Gasteiger charge is -2.24. The second-order valence-corrected chi connectivity index (χ2v) is 5.71. The molecular weight excluding hydrogens is 316 g/mol. The van der Waals surface area contributed by atoms with Crippen LogP contribution in [-0.4, -0.2) is 24.7 Å². The molecule has 0 spiro atoms. The van der Waals surface area contributed by atoms with Crippen molar-refractivity contribution < 1.29 is 23.4 Å². The Bertz CT molecular complexity index is 715. The maximum atomic E-state index is 13.8. The maximum Gasteiger partial charge on any atom is 0.251 e. The van der Waals surface area contributed by atoms with Gasteiger partial charge >= 0.3 is 0 Å². The van der Waals surface area contributed by atoms with E-state index in [1.54, 1.807) is 31.4 Å². The van der Waals surface area contributed by atoms with Crippen molar-refractivity contribution in [3.63, 3.8) is 0 Å². The summed E-state index contributed by atoms with van der Waals surface area (Å²) in [7, 11) is 1.58. The fourth-order valence-electron chi connectivity index (χ4n) is 2.29. The molecule has 1 atom stereocenters. The highest BCUT2D eigenvalue weighted by molar-refractivity contribution is 5.94. The minimum atomic E-state index is -1.66. The zero-order valence-electron chi connectivity index (χ0n) is 13.5. The summed E-state index contributed by atoms with van der Waals surface area (Å²) >= 11 is 0. The highest BCUT2D eigenvalue weighted by Gasteiger charge is 2.27. The van der Waals surface area contributed by atoms with Gasteiger partial charge in [-0.3, -0.25) is 4.79 Å². The van der Waals surface area contributed by atoms with Crippen molar-refractivity contribution >= 4 is 5.91 Å². The predicted octanol–water partition coefficient (Wildman–Crippen LogP) is 2.75. The van der Waals surface area contributed by atoms with E-state index >= 15 is 0 Å². The Hall–Kier alpha value is -2.31. The maximum absolute atomic E-state index is 13.8. The second-order valence-electron chi connectivity index (χ2n) is 5.71. The van der Waals surface area contributed by atoms with E-state index in [0.717, 1.165) is 17.7 Å². The van der Waals surface area contributed by atoms with Gasteiger partial charge in [0, 0.05) is 24.3 Å². The van der Waals surface area contributed by atoms with Gasteiger partial charge in [0.1, 0.15) is 17.2 Å². The zero-order chi connectivity index (χ0) is 17.7. The van der Waals surface area contributed by atoms with Crippen molar-refractivity contribution in [2.75, 3.05) is 13.7 Å². The van der Waals surface area contributed by atoms with Crippen LogP contribution in [0.4, 0.5) is 8.78 Å². The van der Waals surface area contributed by atoms with Crippen LogP contribution < -0.4 is 5.32 Å². The summed E-state index contributed by atoms with van der Waals surface area (Å²) in [5.41, 5.74) is -0.414. The number of amides is 1. The predicted molar refractivity (Wildman–Crippen MR) is 85.4 cm³/mol. The summed E-state index contributed by atoms with van der Waals surface area (Å²) in [6.45, 7) is 1.58. The number of hydrogen-bond donors (Lipinski definition) is 2. The van der Waals surface area contributed by atoms with Gasteiger partial charge in [0.05, 0.1) is 13.2 Å². The van der Waals surface area contributed by atoms with Crippen LogP contribution in [-0.2, 0) is 16.9 Å². The van der Waals surface area contributed by atoms with Crippen LogP contribution in [0.15, 0.2) is 42.5 Å². The molecule has 6 heteroatoms. The number of halogens is 2. The SMILES string of the molecule is COCc1ccc(C(=O)NCC(C)(O)c2ccc(F)cc2F)cc1. The molecule has 1 unspecified atom stereocenters. The van der Waals surface area contributed by atoms with Crippen LogP contribution in [0, 0.1) is 11.6 Å². The number of nitrogens with one attached hydrogen (secondary N) is 1. The molecule has 0 aliphatic heterocycles. The molecular formula is C18H19F2NO3. The molecule has 0 aromatic heterocycles. The van der Waals surface area contributed by atoms with Crippen LogP contribution in [0.1, 0.15) is 28.4 Å². The van der Waals surface area contributed by atoms with Gasteiger partial charge in [-0.25, -0.2) is 8.78 Å². The number of benzene rings is 2. The molecule has 0 aliphatic rings. The molecule has 2 aromatic carbocycles. The van der Waals surface area contributed by atoms with Gasteiger partial charge in [-0.05, 0) is 30.7 Å². The summed E-state index contributed by atoms with van der Waals surface area (Å²) in [6.07, 6.45) is 0. The van der Waals surface area contributed by atoms with Gasteiger partial charge in [-0.15, -0.1) is 0 Å². The largest absolute Gasteiger partial charge is 0.383 e. The lowest BCUT2D eigenvalue weighted by molar-refractivity contribution is 0.0494. The minimum absolute atomic E-state index is 0.0837. The van der Waals surface area contributed by atoms with Crippen molar-refractivity contribution in [2.45, 2.75) is 19.1 Å². The van der Waals surface area contributed by atoms with Crippen molar-refractivity contribution in [1.29, 1.82) is 0 Å². The first kappa shape index (κ1) is 18.0. The third kappa shape index (κ3) is 4.37. The molecule has 24 heavy (non-hydrogen) atoms. The molecule has 0 heterocycles. The van der Waals surface area contributed by atoms with Crippen LogP contribution in [0.2, 0.25) is 0 Å². The Kier molecular flexibility index (Phi) is 5.64. The van der Waals surface area contributed by atoms with E-state index in [1.807, 2.05) is 0 Å². The van der Waals surface area contributed by atoms with E-state index in [-0.39, 0.29) is 12.1 Å². The topological polar surface area (TPSA) is 58.6 Å². The molecule has 2 rings (SSSR count). The Balaban J connectivity index is 2.04. The Morgan fingerprint density at radius 2 is 1.88 bits per heavy atom. The van der Waals surface area contributed by atoms with Gasteiger partial charge in [0.15, 0.2) is 0 Å². The van der Waals surface area contributed by atoms with E-state index in [0.29, 0.717) is 18.2 Å². The first-order valence-electron chi connectivity index (χ1n) is 7.37. The molecule has 128 valence electrons. The van der Waals surface area contributed by atoms with Crippen LogP contribution in [0.5, 0.6) is 0 Å². The summed E-state index contributed by atoms with van der Waals surface area (Å²) in [4.78, 5) is 12.1. The van der Waals surface area contributed by atoms with Gasteiger partial charge in [0.2, 0.25) is 0 Å². The molecule has 0 radical (unpaired) electrons. The van der Waals surface area contributed by atoms with Crippen molar-refractivity contribution in [1.82, 2.24) is 5.32 Å². The Labute approximate surface area is 139 Å². The summed E-state index contributed by atoms with van der Waals surface area (Å²) in [5, 5.41) is 12.9. The summed E-state index contributed by atoms with van der Waals surface area (Å²) in [5.74, 6) is -1.99. The standard InChI is InChI=1S/C18H19F2NO3/c1-18(23,15-8-7-14(19)9-16(15)20)11-21-17(22)13-5-3-12(4-6-13)10-24-2/h3-9,23H,10-11H2,1-2H3,(H,21,22). The fraction of sp³-hybridized carbons (Fsp3) is 0.278. The molecule has 0 saturated heterocycles. The minimum Gasteiger partial charge on any atom is -0.383 e. The Morgan fingerprint density at radius 3 is 2.46 bits per heavy atom. The molecule has 1 amide bonds. The lowest BCUT2D eigenvalue weighted by Crippen LogP contribution is -2.39. The van der Waals surface area contributed by atoms with E-state index in [9.17, 15) is 18.7 Å². The average molecular weight is 335 g/mol. The summed E-state index contributed by atoms with van der Waals surface area (Å²) < 4.78 is 31.7. The normalized spacial score (nSPS) is 13.4. The Morgan fingerprint density at radius 1 is 1.21 bits per heavy atom. The molecule has 0 aliphatic carbocycles. The summed E-state index contributed by atoms with van der Waals surface area (Å²) in [6, 6.07) is 9.71. The highest BCUT2D eigenvalue weighted by atomic mass is 19.1. The lowest BCUT2D eigenvalue weighted by atomic mass is 9.95. The molecule has 0 fully saturated rings. The number of rotatable bonds is 6. The van der Waals surface area contributed by atoms with Gasteiger partial charge in [-0.1, -0.05) is 18.2 Å². The van der Waals surface area contributed by atoms with Gasteiger partial charge in [0.25, 0.3) is 5.91 Å². The van der Waals surface area contributed by atoms with E-state index in [4.69, 9.17) is 4.74 Å². The smallest absolute Gasteiger partial charge is 0.251 e. The van der Waals surface area contributed by atoms with Crippen LogP contribution in [0.25, 0.3) is 0 Å². The fourth-order valence-corrected chi connectivity index (χ4v) is 2.29. The number of hydrogen-bond acceptors (Lipinski definition) is 3. The zero-order valence-corrected chi connectivity index (χ0v) is 13.5. The first-order chi connectivity index (χ1) is 11.3. The monoisotopic (exact) mass is 335 g/mol. The molecule has 0 saturated carbocycles. The molecule has 2 N–H and O–H groups in total. The van der Waals surface area contributed by atoms with Crippen molar-refractivity contribution in [2.24, 2.45) is 0 Å². The van der Waals surface area contributed by atoms with E-state index in [2.05, 4.69) is 5.32 Å².